The third-order valence-corrected chi connectivity index (χ3v) is 7.86. The van der Waals surface area contributed by atoms with Crippen LogP contribution in [0, 0.1) is 5.92 Å². The van der Waals surface area contributed by atoms with E-state index in [9.17, 15) is 13.2 Å². The molecular weight excluding hydrogens is 426 g/mol. The molecular formula is C24H33N3O4S. The molecule has 1 amide bonds. The summed E-state index contributed by atoms with van der Waals surface area (Å²) in [5, 5.41) is 2.98. The molecule has 1 atom stereocenters. The number of nitrogens with zero attached hydrogens (tertiary/aromatic N) is 2. The van der Waals surface area contributed by atoms with Crippen molar-refractivity contribution in [3.05, 3.63) is 54.1 Å². The van der Waals surface area contributed by atoms with Crippen molar-refractivity contribution < 1.29 is 17.9 Å². The molecule has 1 N–H and O–H groups in total. The van der Waals surface area contributed by atoms with Crippen molar-refractivity contribution >= 4 is 21.6 Å². The van der Waals surface area contributed by atoms with Gasteiger partial charge in [0.2, 0.25) is 15.9 Å². The van der Waals surface area contributed by atoms with Crippen LogP contribution in [0.25, 0.3) is 0 Å². The van der Waals surface area contributed by atoms with Crippen molar-refractivity contribution in [2.75, 3.05) is 38.2 Å². The average Bonchev–Trinajstić information content (AvgIpc) is 2.84. The van der Waals surface area contributed by atoms with Gasteiger partial charge >= 0.3 is 0 Å². The van der Waals surface area contributed by atoms with Crippen LogP contribution in [-0.2, 0) is 21.4 Å². The minimum atomic E-state index is -3.65. The van der Waals surface area contributed by atoms with Crippen molar-refractivity contribution in [1.82, 2.24) is 9.62 Å². The lowest BCUT2D eigenvalue weighted by Gasteiger charge is -2.31. The monoisotopic (exact) mass is 459 g/mol. The Morgan fingerprint density at radius 3 is 2.34 bits per heavy atom. The molecule has 1 saturated heterocycles. The standard InChI is InChI=1S/C24H33N3O4S/c1-4-26(5-2)21-10-8-19(9-11-21)17-25-24(28)20-7-6-16-27(18-20)32(29,30)23-14-12-22(31-3)13-15-23/h8-15,20H,4-7,16-18H2,1-3H3,(H,25,28). The molecule has 1 aliphatic heterocycles. The summed E-state index contributed by atoms with van der Waals surface area (Å²) in [5.74, 6) is 0.143. The molecule has 1 unspecified atom stereocenters. The van der Waals surface area contributed by atoms with Crippen molar-refractivity contribution in [2.24, 2.45) is 5.92 Å². The zero-order chi connectivity index (χ0) is 23.1. The van der Waals surface area contributed by atoms with Gasteiger partial charge < -0.3 is 15.0 Å². The first kappa shape index (κ1) is 24.1. The van der Waals surface area contributed by atoms with Crippen molar-refractivity contribution in [3.8, 4) is 5.75 Å². The number of methoxy groups -OCH3 is 1. The average molecular weight is 460 g/mol. The van der Waals surface area contributed by atoms with E-state index >= 15 is 0 Å². The summed E-state index contributed by atoms with van der Waals surface area (Å²) in [5.41, 5.74) is 2.18. The van der Waals surface area contributed by atoms with Crippen molar-refractivity contribution in [3.63, 3.8) is 0 Å². The van der Waals surface area contributed by atoms with Crippen LogP contribution in [0.4, 0.5) is 5.69 Å². The highest BCUT2D eigenvalue weighted by Gasteiger charge is 2.33. The number of anilines is 1. The molecule has 1 heterocycles. The Morgan fingerprint density at radius 2 is 1.75 bits per heavy atom. The molecule has 7 nitrogen and oxygen atoms in total. The summed E-state index contributed by atoms with van der Waals surface area (Å²) in [6.07, 6.45) is 1.34. The highest BCUT2D eigenvalue weighted by molar-refractivity contribution is 7.89. The molecule has 8 heteroatoms. The second-order valence-corrected chi connectivity index (χ2v) is 9.87. The first-order valence-electron chi connectivity index (χ1n) is 11.1. The van der Waals surface area contributed by atoms with E-state index < -0.39 is 10.0 Å². The van der Waals surface area contributed by atoms with Gasteiger partial charge in [0.25, 0.3) is 0 Å². The summed E-state index contributed by atoms with van der Waals surface area (Å²) < 4.78 is 32.6. The number of sulfonamides is 1. The van der Waals surface area contributed by atoms with Crippen LogP contribution in [0.3, 0.4) is 0 Å². The first-order valence-corrected chi connectivity index (χ1v) is 12.6. The quantitative estimate of drug-likeness (QED) is 0.623. The van der Waals surface area contributed by atoms with Crippen LogP contribution in [0.15, 0.2) is 53.4 Å². The summed E-state index contributed by atoms with van der Waals surface area (Å²) >= 11 is 0. The van der Waals surface area contributed by atoms with Crippen LogP contribution in [-0.4, -0.2) is 51.9 Å². The third-order valence-electron chi connectivity index (χ3n) is 5.98. The smallest absolute Gasteiger partial charge is 0.243 e. The molecule has 0 radical (unpaired) electrons. The fraction of sp³-hybridized carbons (Fsp3) is 0.458. The van der Waals surface area contributed by atoms with Gasteiger partial charge in [0.1, 0.15) is 5.75 Å². The zero-order valence-electron chi connectivity index (χ0n) is 19.1. The van der Waals surface area contributed by atoms with Crippen molar-refractivity contribution in [1.29, 1.82) is 0 Å². The van der Waals surface area contributed by atoms with Crippen LogP contribution in [0.2, 0.25) is 0 Å². The Hall–Kier alpha value is -2.58. The van der Waals surface area contributed by atoms with Crippen LogP contribution in [0.5, 0.6) is 5.75 Å². The van der Waals surface area contributed by atoms with Crippen LogP contribution < -0.4 is 15.0 Å². The second-order valence-electron chi connectivity index (χ2n) is 7.93. The molecule has 32 heavy (non-hydrogen) atoms. The minimum Gasteiger partial charge on any atom is -0.497 e. The lowest BCUT2D eigenvalue weighted by atomic mass is 9.98. The fourth-order valence-electron chi connectivity index (χ4n) is 4.02. The van der Waals surface area contributed by atoms with E-state index in [1.54, 1.807) is 24.3 Å². The molecule has 174 valence electrons. The summed E-state index contributed by atoms with van der Waals surface area (Å²) in [4.78, 5) is 15.3. The van der Waals surface area contributed by atoms with Gasteiger partial charge in [-0.3, -0.25) is 4.79 Å². The third kappa shape index (κ3) is 5.61. The number of amides is 1. The molecule has 0 bridgehead atoms. The highest BCUT2D eigenvalue weighted by Crippen LogP contribution is 2.25. The van der Waals surface area contributed by atoms with Gasteiger partial charge in [-0.05, 0) is 68.7 Å². The molecule has 2 aromatic rings. The normalized spacial score (nSPS) is 17.0. The van der Waals surface area contributed by atoms with Gasteiger partial charge in [0.15, 0.2) is 0 Å². The number of piperidine rings is 1. The second kappa shape index (κ2) is 10.8. The van der Waals surface area contributed by atoms with Gasteiger partial charge in [-0.2, -0.15) is 4.31 Å². The van der Waals surface area contributed by atoms with Gasteiger partial charge in [-0.25, -0.2) is 8.42 Å². The van der Waals surface area contributed by atoms with Crippen molar-refractivity contribution in [2.45, 2.75) is 38.1 Å². The fourth-order valence-corrected chi connectivity index (χ4v) is 5.54. The minimum absolute atomic E-state index is 0.104. The number of rotatable bonds is 9. The van der Waals surface area contributed by atoms with Gasteiger partial charge in [-0.15, -0.1) is 0 Å². The maximum absolute atomic E-state index is 13.0. The Labute approximate surface area is 191 Å². The number of nitrogens with one attached hydrogen (secondary N) is 1. The Balaban J connectivity index is 1.59. The predicted molar refractivity (Wildman–Crippen MR) is 126 cm³/mol. The SMILES string of the molecule is CCN(CC)c1ccc(CNC(=O)C2CCCN(S(=O)(=O)c3ccc(OC)cc3)C2)cc1. The van der Waals surface area contributed by atoms with E-state index in [-0.39, 0.29) is 23.3 Å². The molecule has 2 aromatic carbocycles. The van der Waals surface area contributed by atoms with Gasteiger partial charge in [0.05, 0.1) is 17.9 Å². The highest BCUT2D eigenvalue weighted by atomic mass is 32.2. The van der Waals surface area contributed by atoms with E-state index in [0.29, 0.717) is 31.7 Å². The topological polar surface area (TPSA) is 79.0 Å². The summed E-state index contributed by atoms with van der Waals surface area (Å²) in [6.45, 7) is 7.19. The number of carbonyl (C=O) groups is 1. The largest absolute Gasteiger partial charge is 0.497 e. The number of ether oxygens (including phenoxy) is 1. The maximum Gasteiger partial charge on any atom is 0.243 e. The predicted octanol–water partition coefficient (Wildman–Crippen LogP) is 3.26. The number of hydrogen-bond acceptors (Lipinski definition) is 5. The van der Waals surface area contributed by atoms with E-state index in [0.717, 1.165) is 24.3 Å². The molecule has 1 aliphatic rings. The van der Waals surface area contributed by atoms with Gasteiger partial charge in [-0.1, -0.05) is 12.1 Å². The number of benzene rings is 2. The van der Waals surface area contributed by atoms with Crippen LogP contribution >= 0.6 is 0 Å². The summed E-state index contributed by atoms with van der Waals surface area (Å²) in [7, 11) is -2.11. The molecule has 0 aliphatic carbocycles. The lowest BCUT2D eigenvalue weighted by Crippen LogP contribution is -2.45. The maximum atomic E-state index is 13.0. The molecule has 1 fully saturated rings. The van der Waals surface area contributed by atoms with E-state index in [4.69, 9.17) is 4.74 Å². The summed E-state index contributed by atoms with van der Waals surface area (Å²) in [6, 6.07) is 14.5. The Morgan fingerprint density at radius 1 is 1.09 bits per heavy atom. The van der Waals surface area contributed by atoms with E-state index in [1.165, 1.54) is 11.4 Å². The van der Waals surface area contributed by atoms with E-state index in [2.05, 4.69) is 36.2 Å². The lowest BCUT2D eigenvalue weighted by molar-refractivity contribution is -0.126. The zero-order valence-corrected chi connectivity index (χ0v) is 19.9. The molecule has 0 spiro atoms. The number of carbonyl (C=O) groups excluding carboxylic acids is 1. The van der Waals surface area contributed by atoms with Gasteiger partial charge in [0, 0.05) is 38.4 Å². The number of hydrogen-bond donors (Lipinski definition) is 1. The molecule has 0 saturated carbocycles. The first-order chi connectivity index (χ1) is 15.4. The van der Waals surface area contributed by atoms with Crippen LogP contribution in [0.1, 0.15) is 32.3 Å². The van der Waals surface area contributed by atoms with E-state index in [1.807, 2.05) is 12.1 Å². The molecule has 3 rings (SSSR count). The Kier molecular flexibility index (Phi) is 8.15. The molecule has 0 aromatic heterocycles. The Bertz CT molecular complexity index is 987.